The molecule has 0 spiro atoms. The van der Waals surface area contributed by atoms with Gasteiger partial charge in [-0.15, -0.1) is 0 Å². The largest absolute Gasteiger partial charge is 0.393 e. The standard InChI is InChI=1S/C22H40O3/c1-15-7-10-18(11-8-15)13-24-22-17(3)20-6-4-5-19(12-9-16(2)23)21(20)14-25-22/h15-23H,4-14H2,1-3H3. The van der Waals surface area contributed by atoms with E-state index in [1.54, 1.807) is 0 Å². The van der Waals surface area contributed by atoms with Crippen molar-refractivity contribution in [2.75, 3.05) is 13.2 Å². The van der Waals surface area contributed by atoms with Crippen LogP contribution in [0, 0.1) is 35.5 Å². The van der Waals surface area contributed by atoms with Crippen LogP contribution in [0.2, 0.25) is 0 Å². The highest BCUT2D eigenvalue weighted by atomic mass is 16.7. The third kappa shape index (κ3) is 5.20. The van der Waals surface area contributed by atoms with E-state index in [9.17, 15) is 5.11 Å². The molecule has 1 saturated heterocycles. The predicted molar refractivity (Wildman–Crippen MR) is 101 cm³/mol. The number of aliphatic hydroxyl groups is 1. The van der Waals surface area contributed by atoms with E-state index in [4.69, 9.17) is 9.47 Å². The quantitative estimate of drug-likeness (QED) is 0.730. The van der Waals surface area contributed by atoms with Gasteiger partial charge in [0.25, 0.3) is 0 Å². The Hall–Kier alpha value is -0.120. The molecule has 3 aliphatic rings. The van der Waals surface area contributed by atoms with Gasteiger partial charge in [-0.3, -0.25) is 0 Å². The van der Waals surface area contributed by atoms with Gasteiger partial charge in [0.05, 0.1) is 19.3 Å². The molecule has 3 nitrogen and oxygen atoms in total. The van der Waals surface area contributed by atoms with Crippen molar-refractivity contribution < 1.29 is 14.6 Å². The summed E-state index contributed by atoms with van der Waals surface area (Å²) >= 11 is 0. The van der Waals surface area contributed by atoms with Crippen molar-refractivity contribution in [2.24, 2.45) is 35.5 Å². The van der Waals surface area contributed by atoms with Gasteiger partial charge in [-0.25, -0.2) is 0 Å². The lowest BCUT2D eigenvalue weighted by molar-refractivity contribution is -0.237. The van der Waals surface area contributed by atoms with Gasteiger partial charge in [-0.2, -0.15) is 0 Å². The highest BCUT2D eigenvalue weighted by molar-refractivity contribution is 4.89. The van der Waals surface area contributed by atoms with Crippen LogP contribution in [0.5, 0.6) is 0 Å². The lowest BCUT2D eigenvalue weighted by atomic mass is 9.65. The van der Waals surface area contributed by atoms with Crippen LogP contribution in [0.15, 0.2) is 0 Å². The second kappa shape index (κ2) is 9.19. The molecule has 0 aromatic heterocycles. The molecule has 0 radical (unpaired) electrons. The van der Waals surface area contributed by atoms with E-state index < -0.39 is 0 Å². The molecule has 1 aliphatic heterocycles. The second-order valence-electron chi connectivity index (χ2n) is 9.47. The smallest absolute Gasteiger partial charge is 0.160 e. The summed E-state index contributed by atoms with van der Waals surface area (Å²) in [5.74, 6) is 4.32. The Labute approximate surface area is 154 Å². The van der Waals surface area contributed by atoms with Gasteiger partial charge in [0.2, 0.25) is 0 Å². The van der Waals surface area contributed by atoms with Gasteiger partial charge in [-0.05, 0) is 68.6 Å². The van der Waals surface area contributed by atoms with Crippen LogP contribution < -0.4 is 0 Å². The summed E-state index contributed by atoms with van der Waals surface area (Å²) in [5, 5.41) is 9.63. The molecule has 0 aromatic carbocycles. The Morgan fingerprint density at radius 3 is 2.52 bits per heavy atom. The maximum Gasteiger partial charge on any atom is 0.160 e. The van der Waals surface area contributed by atoms with Gasteiger partial charge in [0, 0.05) is 5.92 Å². The van der Waals surface area contributed by atoms with E-state index in [1.165, 1.54) is 44.9 Å². The molecular weight excluding hydrogens is 312 g/mol. The molecule has 0 amide bonds. The Balaban J connectivity index is 1.48. The first-order valence-electron chi connectivity index (χ1n) is 11.0. The molecule has 1 heterocycles. The van der Waals surface area contributed by atoms with Gasteiger partial charge in [0.1, 0.15) is 0 Å². The first kappa shape index (κ1) is 19.6. The number of rotatable bonds is 6. The zero-order valence-electron chi connectivity index (χ0n) is 16.7. The van der Waals surface area contributed by atoms with E-state index >= 15 is 0 Å². The fourth-order valence-corrected chi connectivity index (χ4v) is 5.61. The molecule has 2 saturated carbocycles. The average molecular weight is 353 g/mol. The summed E-state index contributed by atoms with van der Waals surface area (Å²) in [5.41, 5.74) is 0. The normalized spacial score (nSPS) is 43.4. The molecule has 1 N–H and O–H groups in total. The van der Waals surface area contributed by atoms with Crippen LogP contribution in [0.4, 0.5) is 0 Å². The molecule has 3 heteroatoms. The van der Waals surface area contributed by atoms with E-state index in [0.717, 1.165) is 49.7 Å². The highest BCUT2D eigenvalue weighted by Gasteiger charge is 2.43. The molecule has 25 heavy (non-hydrogen) atoms. The predicted octanol–water partition coefficient (Wildman–Crippen LogP) is 5.02. The molecule has 3 fully saturated rings. The minimum absolute atomic E-state index is 0.0103. The van der Waals surface area contributed by atoms with Crippen LogP contribution in [-0.4, -0.2) is 30.7 Å². The third-order valence-corrected chi connectivity index (χ3v) is 7.41. The average Bonchev–Trinajstić information content (AvgIpc) is 2.61. The highest BCUT2D eigenvalue weighted by Crippen LogP contribution is 2.46. The molecule has 6 unspecified atom stereocenters. The maximum atomic E-state index is 9.63. The first-order valence-corrected chi connectivity index (χ1v) is 11.0. The van der Waals surface area contributed by atoms with Gasteiger partial charge in [0.15, 0.2) is 6.29 Å². The molecular formula is C22H40O3. The zero-order chi connectivity index (χ0) is 17.8. The summed E-state index contributed by atoms with van der Waals surface area (Å²) in [4.78, 5) is 0. The minimum atomic E-state index is -0.170. The van der Waals surface area contributed by atoms with Crippen molar-refractivity contribution in [3.8, 4) is 0 Å². The molecule has 3 rings (SSSR count). The van der Waals surface area contributed by atoms with Crippen LogP contribution in [0.1, 0.15) is 78.6 Å². The molecule has 146 valence electrons. The number of hydrogen-bond donors (Lipinski definition) is 1. The molecule has 0 bridgehead atoms. The zero-order valence-corrected chi connectivity index (χ0v) is 16.7. The van der Waals surface area contributed by atoms with Gasteiger partial charge < -0.3 is 14.6 Å². The van der Waals surface area contributed by atoms with Crippen molar-refractivity contribution in [1.82, 2.24) is 0 Å². The van der Waals surface area contributed by atoms with Crippen LogP contribution in [0.25, 0.3) is 0 Å². The summed E-state index contributed by atoms with van der Waals surface area (Å²) in [6.07, 6.45) is 11.3. The summed E-state index contributed by atoms with van der Waals surface area (Å²) in [6, 6.07) is 0. The number of hydrogen-bond acceptors (Lipinski definition) is 3. The molecule has 6 atom stereocenters. The SMILES string of the molecule is CC(O)CCC1CCCC2C(C)C(OCC3CCC(C)CC3)OCC12. The van der Waals surface area contributed by atoms with Crippen molar-refractivity contribution in [3.63, 3.8) is 0 Å². The Morgan fingerprint density at radius 2 is 1.80 bits per heavy atom. The monoisotopic (exact) mass is 352 g/mol. The maximum absolute atomic E-state index is 9.63. The van der Waals surface area contributed by atoms with E-state index in [0.29, 0.717) is 11.8 Å². The number of ether oxygens (including phenoxy) is 2. The lowest BCUT2D eigenvalue weighted by Crippen LogP contribution is -2.47. The lowest BCUT2D eigenvalue weighted by Gasteiger charge is -2.47. The Kier molecular flexibility index (Phi) is 7.22. The van der Waals surface area contributed by atoms with Crippen LogP contribution in [0.3, 0.4) is 0 Å². The number of aliphatic hydroxyl groups excluding tert-OH is 1. The molecule has 2 aliphatic carbocycles. The fourth-order valence-electron chi connectivity index (χ4n) is 5.61. The third-order valence-electron chi connectivity index (χ3n) is 7.41. The topological polar surface area (TPSA) is 38.7 Å². The Bertz CT molecular complexity index is 389. The van der Waals surface area contributed by atoms with Gasteiger partial charge >= 0.3 is 0 Å². The van der Waals surface area contributed by atoms with E-state index in [2.05, 4.69) is 13.8 Å². The summed E-state index contributed by atoms with van der Waals surface area (Å²) in [6.45, 7) is 8.40. The fraction of sp³-hybridized carbons (Fsp3) is 1.00. The van der Waals surface area contributed by atoms with Crippen molar-refractivity contribution in [2.45, 2.75) is 91.0 Å². The van der Waals surface area contributed by atoms with Crippen molar-refractivity contribution in [1.29, 1.82) is 0 Å². The van der Waals surface area contributed by atoms with E-state index in [1.807, 2.05) is 6.92 Å². The second-order valence-corrected chi connectivity index (χ2v) is 9.47. The Morgan fingerprint density at radius 1 is 1.04 bits per heavy atom. The summed E-state index contributed by atoms with van der Waals surface area (Å²) in [7, 11) is 0. The first-order chi connectivity index (χ1) is 12.0. The number of fused-ring (bicyclic) bond motifs is 1. The summed E-state index contributed by atoms with van der Waals surface area (Å²) < 4.78 is 12.5. The minimum Gasteiger partial charge on any atom is -0.393 e. The molecule has 0 aromatic rings. The van der Waals surface area contributed by atoms with Crippen molar-refractivity contribution in [3.05, 3.63) is 0 Å². The van der Waals surface area contributed by atoms with Crippen LogP contribution >= 0.6 is 0 Å². The van der Waals surface area contributed by atoms with E-state index in [-0.39, 0.29) is 12.4 Å². The van der Waals surface area contributed by atoms with Gasteiger partial charge in [-0.1, -0.05) is 39.5 Å². The van der Waals surface area contributed by atoms with Crippen LogP contribution in [-0.2, 0) is 9.47 Å². The van der Waals surface area contributed by atoms with Crippen molar-refractivity contribution >= 4 is 0 Å².